The average molecular weight is 378 g/mol. The molecule has 0 bridgehead atoms. The molecule has 138 valence electrons. The number of thiophene rings is 1. The fourth-order valence-electron chi connectivity index (χ4n) is 2.19. The molecule has 0 fully saturated rings. The van der Waals surface area contributed by atoms with E-state index >= 15 is 0 Å². The molecule has 0 aliphatic carbocycles. The van der Waals surface area contributed by atoms with E-state index in [0.29, 0.717) is 11.3 Å². The molecule has 26 heavy (non-hydrogen) atoms. The van der Waals surface area contributed by atoms with Crippen LogP contribution in [0.1, 0.15) is 33.0 Å². The van der Waals surface area contributed by atoms with E-state index in [1.165, 1.54) is 35.6 Å². The number of hydrogen-bond acceptors (Lipinski definition) is 5. The summed E-state index contributed by atoms with van der Waals surface area (Å²) in [6.07, 6.45) is 0.0249. The van der Waals surface area contributed by atoms with Crippen LogP contribution in [-0.2, 0) is 9.59 Å². The quantitative estimate of drug-likeness (QED) is 0.573. The monoisotopic (exact) mass is 378 g/mol. The number of carbonyl (C=O) groups excluding carboxylic acids is 3. The molecule has 0 saturated heterocycles. The number of hydrazine groups is 1. The summed E-state index contributed by atoms with van der Waals surface area (Å²) in [5, 5.41) is 0. The third-order valence-corrected chi connectivity index (χ3v) is 4.41. The molecule has 0 spiro atoms. The van der Waals surface area contributed by atoms with E-state index in [0.717, 1.165) is 9.75 Å². The SMILES string of the molecule is Cc1cc(C(=O)CCC(=O)NNC(=O)COc2ccc(F)cc2)c(C)s1. The number of Topliss-reactive ketones (excluding diaryl/α,β-unsaturated/α-hetero) is 1. The summed E-state index contributed by atoms with van der Waals surface area (Å²) in [6.45, 7) is 3.45. The fourth-order valence-corrected chi connectivity index (χ4v) is 3.13. The first-order valence-corrected chi connectivity index (χ1v) is 8.73. The minimum Gasteiger partial charge on any atom is -0.484 e. The van der Waals surface area contributed by atoms with E-state index in [4.69, 9.17) is 4.74 Å². The normalized spacial score (nSPS) is 10.3. The minimum absolute atomic E-state index is 0.0354. The predicted molar refractivity (Wildman–Crippen MR) is 95.5 cm³/mol. The molecule has 8 heteroatoms. The molecule has 0 unspecified atom stereocenters. The van der Waals surface area contributed by atoms with Crippen molar-refractivity contribution in [2.24, 2.45) is 0 Å². The molecule has 1 heterocycles. The summed E-state index contributed by atoms with van der Waals surface area (Å²) in [6, 6.07) is 7.02. The zero-order valence-corrected chi connectivity index (χ0v) is 15.2. The van der Waals surface area contributed by atoms with Gasteiger partial charge in [0.15, 0.2) is 12.4 Å². The van der Waals surface area contributed by atoms with Crippen molar-refractivity contribution >= 4 is 28.9 Å². The van der Waals surface area contributed by atoms with Crippen molar-refractivity contribution in [1.29, 1.82) is 0 Å². The van der Waals surface area contributed by atoms with E-state index < -0.39 is 17.6 Å². The van der Waals surface area contributed by atoms with Crippen LogP contribution in [0.3, 0.4) is 0 Å². The second-order valence-corrected chi connectivity index (χ2v) is 7.05. The van der Waals surface area contributed by atoms with Crippen LogP contribution in [0.25, 0.3) is 0 Å². The largest absolute Gasteiger partial charge is 0.484 e. The molecule has 2 N–H and O–H groups in total. The molecule has 2 rings (SSSR count). The second kappa shape index (κ2) is 9.10. The van der Waals surface area contributed by atoms with Gasteiger partial charge < -0.3 is 4.74 Å². The number of ether oxygens (including phenoxy) is 1. The number of hydrogen-bond donors (Lipinski definition) is 2. The van der Waals surface area contributed by atoms with Gasteiger partial charge in [0.1, 0.15) is 11.6 Å². The van der Waals surface area contributed by atoms with Crippen LogP contribution in [0.15, 0.2) is 30.3 Å². The first-order valence-electron chi connectivity index (χ1n) is 7.91. The van der Waals surface area contributed by atoms with Gasteiger partial charge in [-0.15, -0.1) is 11.3 Å². The van der Waals surface area contributed by atoms with Gasteiger partial charge in [-0.25, -0.2) is 4.39 Å². The Labute approximate surface area is 154 Å². The molecule has 0 aliphatic rings. The number of aryl methyl sites for hydroxylation is 2. The molecule has 0 radical (unpaired) electrons. The Bertz CT molecular complexity index is 802. The Morgan fingerprint density at radius 2 is 1.69 bits per heavy atom. The van der Waals surface area contributed by atoms with Crippen LogP contribution in [0.2, 0.25) is 0 Å². The average Bonchev–Trinajstić information content (AvgIpc) is 2.95. The maximum absolute atomic E-state index is 12.8. The summed E-state index contributed by atoms with van der Waals surface area (Å²) >= 11 is 1.54. The van der Waals surface area contributed by atoms with Crippen molar-refractivity contribution in [3.8, 4) is 5.75 Å². The van der Waals surface area contributed by atoms with Crippen LogP contribution in [0.5, 0.6) is 5.75 Å². The molecular formula is C18H19FN2O4S. The van der Waals surface area contributed by atoms with Crippen LogP contribution < -0.4 is 15.6 Å². The third-order valence-electron chi connectivity index (χ3n) is 3.45. The van der Waals surface area contributed by atoms with Crippen molar-refractivity contribution in [3.63, 3.8) is 0 Å². The smallest absolute Gasteiger partial charge is 0.276 e. The first kappa shape index (κ1) is 19.6. The first-order chi connectivity index (χ1) is 12.3. The fraction of sp³-hybridized carbons (Fsp3) is 0.278. The number of rotatable bonds is 7. The summed E-state index contributed by atoms with van der Waals surface area (Å²) in [5.74, 6) is -1.22. The van der Waals surface area contributed by atoms with Gasteiger partial charge in [-0.3, -0.25) is 25.2 Å². The van der Waals surface area contributed by atoms with Gasteiger partial charge in [0.05, 0.1) is 0 Å². The third kappa shape index (κ3) is 5.96. The van der Waals surface area contributed by atoms with E-state index in [2.05, 4.69) is 10.9 Å². The maximum atomic E-state index is 12.8. The van der Waals surface area contributed by atoms with E-state index in [9.17, 15) is 18.8 Å². The van der Waals surface area contributed by atoms with Crippen molar-refractivity contribution in [3.05, 3.63) is 51.5 Å². The van der Waals surface area contributed by atoms with Gasteiger partial charge in [-0.2, -0.15) is 0 Å². The number of nitrogens with one attached hydrogen (secondary N) is 2. The van der Waals surface area contributed by atoms with Crippen molar-refractivity contribution in [1.82, 2.24) is 10.9 Å². The number of halogens is 1. The Kier molecular flexibility index (Phi) is 6.85. The number of benzene rings is 1. The van der Waals surface area contributed by atoms with E-state index in [-0.39, 0.29) is 25.2 Å². The van der Waals surface area contributed by atoms with Crippen LogP contribution in [-0.4, -0.2) is 24.2 Å². The molecule has 1 aromatic carbocycles. The Morgan fingerprint density at radius 1 is 1.04 bits per heavy atom. The Hall–Kier alpha value is -2.74. The van der Waals surface area contributed by atoms with Crippen molar-refractivity contribution in [2.45, 2.75) is 26.7 Å². The van der Waals surface area contributed by atoms with Crippen molar-refractivity contribution < 1.29 is 23.5 Å². The number of amides is 2. The summed E-state index contributed by atoms with van der Waals surface area (Å²) in [5.41, 5.74) is 5.06. The van der Waals surface area contributed by atoms with Crippen LogP contribution in [0.4, 0.5) is 4.39 Å². The Balaban J connectivity index is 1.67. The minimum atomic E-state index is -0.571. The molecule has 0 atom stereocenters. The van der Waals surface area contributed by atoms with Gasteiger partial charge in [0, 0.05) is 28.2 Å². The lowest BCUT2D eigenvalue weighted by molar-refractivity contribution is -0.130. The lowest BCUT2D eigenvalue weighted by atomic mass is 10.1. The molecular weight excluding hydrogens is 359 g/mol. The van der Waals surface area contributed by atoms with Crippen LogP contribution in [0, 0.1) is 19.7 Å². The summed E-state index contributed by atoms with van der Waals surface area (Å²) < 4.78 is 17.9. The number of carbonyl (C=O) groups is 3. The highest BCUT2D eigenvalue weighted by atomic mass is 32.1. The van der Waals surface area contributed by atoms with Gasteiger partial charge in [0.25, 0.3) is 5.91 Å². The molecule has 2 aromatic rings. The lowest BCUT2D eigenvalue weighted by Gasteiger charge is -2.08. The molecule has 2 amide bonds. The highest BCUT2D eigenvalue weighted by molar-refractivity contribution is 7.12. The van der Waals surface area contributed by atoms with Gasteiger partial charge in [0.2, 0.25) is 5.91 Å². The maximum Gasteiger partial charge on any atom is 0.276 e. The molecule has 0 aliphatic heterocycles. The lowest BCUT2D eigenvalue weighted by Crippen LogP contribution is -2.43. The molecule has 1 aromatic heterocycles. The molecule has 6 nitrogen and oxygen atoms in total. The second-order valence-electron chi connectivity index (χ2n) is 5.59. The topological polar surface area (TPSA) is 84.5 Å². The highest BCUT2D eigenvalue weighted by Gasteiger charge is 2.14. The highest BCUT2D eigenvalue weighted by Crippen LogP contribution is 2.22. The summed E-state index contributed by atoms with van der Waals surface area (Å²) in [7, 11) is 0. The summed E-state index contributed by atoms with van der Waals surface area (Å²) in [4.78, 5) is 37.4. The van der Waals surface area contributed by atoms with E-state index in [1.54, 1.807) is 0 Å². The Morgan fingerprint density at radius 3 is 2.31 bits per heavy atom. The van der Waals surface area contributed by atoms with Gasteiger partial charge in [-0.1, -0.05) is 0 Å². The van der Waals surface area contributed by atoms with Crippen LogP contribution >= 0.6 is 11.3 Å². The van der Waals surface area contributed by atoms with Gasteiger partial charge in [-0.05, 0) is 44.2 Å². The molecule has 0 saturated carbocycles. The zero-order chi connectivity index (χ0) is 19.1. The number of ketones is 1. The zero-order valence-electron chi connectivity index (χ0n) is 14.4. The van der Waals surface area contributed by atoms with Crippen molar-refractivity contribution in [2.75, 3.05) is 6.61 Å². The van der Waals surface area contributed by atoms with E-state index in [1.807, 2.05) is 19.9 Å². The van der Waals surface area contributed by atoms with Gasteiger partial charge >= 0.3 is 0 Å². The standard InChI is InChI=1S/C18H19FN2O4S/c1-11-9-15(12(2)26-11)16(22)7-8-17(23)20-21-18(24)10-25-14-5-3-13(19)4-6-14/h3-6,9H,7-8,10H2,1-2H3,(H,20,23)(H,21,24). The predicted octanol–water partition coefficient (Wildman–Crippen LogP) is 2.69.